The van der Waals surface area contributed by atoms with Gasteiger partial charge >= 0.3 is 6.18 Å². The van der Waals surface area contributed by atoms with Gasteiger partial charge in [0.25, 0.3) is 0 Å². The summed E-state index contributed by atoms with van der Waals surface area (Å²) in [7, 11) is 0. The monoisotopic (exact) mass is 452 g/mol. The molecule has 170 valence electrons. The van der Waals surface area contributed by atoms with Gasteiger partial charge in [-0.25, -0.2) is 4.98 Å². The number of hydrogen-bond acceptors (Lipinski definition) is 4. The fourth-order valence-corrected chi connectivity index (χ4v) is 4.45. The van der Waals surface area contributed by atoms with E-state index in [1.165, 1.54) is 29.0 Å². The van der Waals surface area contributed by atoms with Crippen molar-refractivity contribution in [3.05, 3.63) is 71.4 Å². The quantitative estimate of drug-likeness (QED) is 0.428. The molecule has 3 heterocycles. The van der Waals surface area contributed by atoms with E-state index in [9.17, 15) is 13.2 Å². The van der Waals surface area contributed by atoms with Crippen LogP contribution in [0.5, 0.6) is 0 Å². The van der Waals surface area contributed by atoms with Crippen molar-refractivity contribution in [1.29, 1.82) is 0 Å². The van der Waals surface area contributed by atoms with Gasteiger partial charge in [-0.3, -0.25) is 4.98 Å². The van der Waals surface area contributed by atoms with Crippen molar-refractivity contribution in [2.75, 3.05) is 0 Å². The molecule has 0 unspecified atom stereocenters. The minimum Gasteiger partial charge on any atom is -0.336 e. The van der Waals surface area contributed by atoms with Gasteiger partial charge in [0.1, 0.15) is 11.4 Å². The summed E-state index contributed by atoms with van der Waals surface area (Å²) in [4.78, 5) is 8.77. The van der Waals surface area contributed by atoms with Gasteiger partial charge in [-0.2, -0.15) is 28.6 Å². The summed E-state index contributed by atoms with van der Waals surface area (Å²) in [5.74, 6) is 0.891. The van der Waals surface area contributed by atoms with E-state index in [2.05, 4.69) is 57.4 Å². The Hall–Kier alpha value is -3.49. The van der Waals surface area contributed by atoms with Crippen molar-refractivity contribution < 1.29 is 13.2 Å². The minimum atomic E-state index is -4.60. The maximum atomic E-state index is 13.2. The predicted octanol–water partition coefficient (Wildman–Crippen LogP) is 5.60. The molecule has 3 aromatic heterocycles. The van der Waals surface area contributed by atoms with Crippen LogP contribution in [0, 0.1) is 0 Å². The molecular formula is C24H23F3N6. The average molecular weight is 452 g/mol. The van der Waals surface area contributed by atoms with E-state index in [-0.39, 0.29) is 11.3 Å². The first-order valence-electron chi connectivity index (χ1n) is 10.9. The Kier molecular flexibility index (Phi) is 5.26. The third-order valence-electron chi connectivity index (χ3n) is 6.22. The number of rotatable bonds is 5. The summed E-state index contributed by atoms with van der Waals surface area (Å²) < 4.78 is 41.7. The van der Waals surface area contributed by atoms with Crippen LogP contribution in [-0.4, -0.2) is 29.9 Å². The molecule has 0 fully saturated rings. The molecule has 1 N–H and O–H groups in total. The number of nitrogens with one attached hydrogen (secondary N) is 1. The third kappa shape index (κ3) is 4.15. The predicted molar refractivity (Wildman–Crippen MR) is 117 cm³/mol. The van der Waals surface area contributed by atoms with Crippen LogP contribution < -0.4 is 0 Å². The van der Waals surface area contributed by atoms with Gasteiger partial charge in [0.05, 0.1) is 12.0 Å². The molecule has 4 aromatic rings. The average Bonchev–Trinajstić information content (AvgIpc) is 3.53. The number of benzene rings is 1. The number of H-pyrrole nitrogens is 1. The van der Waals surface area contributed by atoms with Crippen LogP contribution in [0.15, 0.2) is 49.1 Å². The van der Waals surface area contributed by atoms with E-state index < -0.39 is 11.9 Å². The number of aromatic amines is 1. The number of fused-ring (bicyclic) bond motifs is 1. The smallest absolute Gasteiger partial charge is 0.336 e. The Labute approximate surface area is 188 Å². The SMILES string of the molecule is CC(C)c1ccc2c(c1)[C@H](Cn1cnc(-c3cc(-c4n[nH]nc4C(F)(F)F)ccn3)c1)CC2. The first kappa shape index (κ1) is 21.4. The van der Waals surface area contributed by atoms with Gasteiger partial charge in [0.2, 0.25) is 0 Å². The number of pyridine rings is 1. The Balaban J connectivity index is 1.39. The summed E-state index contributed by atoms with van der Waals surface area (Å²) in [6.45, 7) is 5.19. The summed E-state index contributed by atoms with van der Waals surface area (Å²) in [6, 6.07) is 9.84. The van der Waals surface area contributed by atoms with Gasteiger partial charge in [-0.15, -0.1) is 0 Å². The van der Waals surface area contributed by atoms with Crippen LogP contribution in [0.1, 0.15) is 54.5 Å². The third-order valence-corrected chi connectivity index (χ3v) is 6.22. The zero-order valence-electron chi connectivity index (χ0n) is 18.3. The lowest BCUT2D eigenvalue weighted by Gasteiger charge is -2.14. The van der Waals surface area contributed by atoms with E-state index in [1.807, 2.05) is 10.8 Å². The second kappa shape index (κ2) is 8.13. The van der Waals surface area contributed by atoms with Crippen molar-refractivity contribution >= 4 is 0 Å². The lowest BCUT2D eigenvalue weighted by Crippen LogP contribution is -2.07. The van der Waals surface area contributed by atoms with Gasteiger partial charge in [0.15, 0.2) is 5.69 Å². The fraction of sp³-hybridized carbons (Fsp3) is 0.333. The topological polar surface area (TPSA) is 72.3 Å². The Morgan fingerprint density at radius 3 is 2.73 bits per heavy atom. The molecule has 1 aromatic carbocycles. The second-order valence-corrected chi connectivity index (χ2v) is 8.75. The molecule has 0 amide bonds. The zero-order valence-corrected chi connectivity index (χ0v) is 18.3. The summed E-state index contributed by atoms with van der Waals surface area (Å²) >= 11 is 0. The van der Waals surface area contributed by atoms with Crippen molar-refractivity contribution in [3.8, 4) is 22.6 Å². The highest BCUT2D eigenvalue weighted by molar-refractivity contribution is 5.67. The van der Waals surface area contributed by atoms with Crippen LogP contribution in [0.25, 0.3) is 22.6 Å². The number of nitrogens with zero attached hydrogens (tertiary/aromatic N) is 5. The molecule has 0 saturated carbocycles. The molecule has 1 atom stereocenters. The molecule has 9 heteroatoms. The number of alkyl halides is 3. The van der Waals surface area contributed by atoms with Crippen LogP contribution in [0.2, 0.25) is 0 Å². The highest BCUT2D eigenvalue weighted by Gasteiger charge is 2.38. The van der Waals surface area contributed by atoms with Crippen molar-refractivity contribution in [2.45, 2.75) is 51.2 Å². The van der Waals surface area contributed by atoms with E-state index in [1.54, 1.807) is 12.4 Å². The molecule has 0 aliphatic heterocycles. The van der Waals surface area contributed by atoms with Gasteiger partial charge in [-0.1, -0.05) is 32.0 Å². The molecule has 6 nitrogen and oxygen atoms in total. The van der Waals surface area contributed by atoms with E-state index in [4.69, 9.17) is 0 Å². The van der Waals surface area contributed by atoms with Crippen LogP contribution in [0.3, 0.4) is 0 Å². The lowest BCUT2D eigenvalue weighted by molar-refractivity contribution is -0.140. The molecule has 0 saturated heterocycles. The van der Waals surface area contributed by atoms with E-state index in [0.717, 1.165) is 19.4 Å². The molecule has 1 aliphatic carbocycles. The maximum absolute atomic E-state index is 13.2. The van der Waals surface area contributed by atoms with Crippen LogP contribution in [0.4, 0.5) is 13.2 Å². The van der Waals surface area contributed by atoms with Gasteiger partial charge < -0.3 is 4.57 Å². The molecule has 0 radical (unpaired) electrons. The van der Waals surface area contributed by atoms with Crippen molar-refractivity contribution in [1.82, 2.24) is 29.9 Å². The van der Waals surface area contributed by atoms with E-state index in [0.29, 0.717) is 23.2 Å². The van der Waals surface area contributed by atoms with Gasteiger partial charge in [-0.05, 0) is 47.6 Å². The van der Waals surface area contributed by atoms with Crippen LogP contribution in [-0.2, 0) is 19.1 Å². The lowest BCUT2D eigenvalue weighted by atomic mass is 9.94. The minimum absolute atomic E-state index is 0.255. The summed E-state index contributed by atoms with van der Waals surface area (Å²) in [5.41, 5.74) is 4.22. The summed E-state index contributed by atoms with van der Waals surface area (Å²) in [5, 5.41) is 9.02. The van der Waals surface area contributed by atoms with Crippen LogP contribution >= 0.6 is 0 Å². The normalized spacial score (nSPS) is 15.9. The second-order valence-electron chi connectivity index (χ2n) is 8.75. The zero-order chi connectivity index (χ0) is 23.2. The molecule has 0 bridgehead atoms. The number of imidazole rings is 1. The largest absolute Gasteiger partial charge is 0.437 e. The first-order valence-corrected chi connectivity index (χ1v) is 10.9. The first-order chi connectivity index (χ1) is 15.8. The number of hydrogen-bond donors (Lipinski definition) is 1. The standard InChI is InChI=1S/C24H23F3N6/c1-14(2)16-5-3-15-4-6-18(19(15)9-16)11-33-12-21(29-13-33)20-10-17(7-8-28-20)22-23(24(25,26)27)31-32-30-22/h3,5,7-10,12-14,18H,4,6,11H2,1-2H3,(H,30,31,32)/t18-/m0/s1. The van der Waals surface area contributed by atoms with Gasteiger partial charge in [0, 0.05) is 30.4 Å². The van der Waals surface area contributed by atoms with Crippen molar-refractivity contribution in [3.63, 3.8) is 0 Å². The number of aryl methyl sites for hydroxylation is 1. The van der Waals surface area contributed by atoms with Crippen molar-refractivity contribution in [2.24, 2.45) is 0 Å². The molecular weight excluding hydrogens is 429 g/mol. The molecule has 5 rings (SSSR count). The Bertz CT molecular complexity index is 1290. The molecule has 0 spiro atoms. The van der Waals surface area contributed by atoms with E-state index >= 15 is 0 Å². The highest BCUT2D eigenvalue weighted by Crippen LogP contribution is 2.37. The highest BCUT2D eigenvalue weighted by atomic mass is 19.4. The Morgan fingerprint density at radius 1 is 1.09 bits per heavy atom. The number of aromatic nitrogens is 6. The molecule has 1 aliphatic rings. The summed E-state index contributed by atoms with van der Waals surface area (Å²) in [6.07, 6.45) is 2.67. The number of halogens is 3. The maximum Gasteiger partial charge on any atom is 0.437 e. The fourth-order valence-electron chi connectivity index (χ4n) is 4.45. The molecule has 33 heavy (non-hydrogen) atoms. The Morgan fingerprint density at radius 2 is 1.94 bits per heavy atom.